The van der Waals surface area contributed by atoms with Gasteiger partial charge in [0.25, 0.3) is 0 Å². The van der Waals surface area contributed by atoms with E-state index in [9.17, 15) is 4.79 Å². The Balaban J connectivity index is 2.13. The van der Waals surface area contributed by atoms with Crippen molar-refractivity contribution in [3.05, 3.63) is 0 Å². The Morgan fingerprint density at radius 1 is 1.54 bits per heavy atom. The van der Waals surface area contributed by atoms with Gasteiger partial charge in [-0.2, -0.15) is 0 Å². The maximum absolute atomic E-state index is 11.4. The zero-order valence-electron chi connectivity index (χ0n) is 7.62. The van der Waals surface area contributed by atoms with Crippen LogP contribution in [0.3, 0.4) is 0 Å². The minimum Gasteiger partial charge on any atom is -0.381 e. The molecule has 5 nitrogen and oxygen atoms in total. The van der Waals surface area contributed by atoms with Gasteiger partial charge in [0, 0.05) is 25.7 Å². The minimum atomic E-state index is 0.0837. The first-order valence-corrected chi connectivity index (χ1v) is 4.51. The standard InChI is InChI=1S/C8H16N2O3/c9-13-6-3-10-8(11)7-1-4-12-5-2-7/h7H,1-6,9H2,(H,10,11). The first-order valence-electron chi connectivity index (χ1n) is 4.51. The van der Waals surface area contributed by atoms with Gasteiger partial charge in [0.1, 0.15) is 0 Å². The van der Waals surface area contributed by atoms with Crippen LogP contribution in [0.4, 0.5) is 0 Å². The van der Waals surface area contributed by atoms with Crippen LogP contribution in [0.15, 0.2) is 0 Å². The van der Waals surface area contributed by atoms with Crippen LogP contribution in [0.1, 0.15) is 12.8 Å². The van der Waals surface area contributed by atoms with E-state index in [2.05, 4.69) is 10.2 Å². The third kappa shape index (κ3) is 3.71. The summed E-state index contributed by atoms with van der Waals surface area (Å²) in [6.07, 6.45) is 1.63. The number of carbonyl (C=O) groups is 1. The molecule has 5 heteroatoms. The van der Waals surface area contributed by atoms with Gasteiger partial charge in [-0.25, -0.2) is 5.90 Å². The van der Waals surface area contributed by atoms with Crippen LogP contribution in [-0.4, -0.2) is 32.3 Å². The van der Waals surface area contributed by atoms with E-state index in [0.29, 0.717) is 26.4 Å². The highest BCUT2D eigenvalue weighted by molar-refractivity contribution is 5.78. The fourth-order valence-corrected chi connectivity index (χ4v) is 1.34. The number of carbonyl (C=O) groups excluding carboxylic acids is 1. The van der Waals surface area contributed by atoms with Crippen LogP contribution < -0.4 is 11.2 Å². The Hall–Kier alpha value is -0.650. The van der Waals surface area contributed by atoms with Gasteiger partial charge in [0.15, 0.2) is 0 Å². The smallest absolute Gasteiger partial charge is 0.223 e. The van der Waals surface area contributed by atoms with E-state index in [0.717, 1.165) is 12.8 Å². The third-order valence-corrected chi connectivity index (χ3v) is 2.11. The Labute approximate surface area is 77.5 Å². The van der Waals surface area contributed by atoms with Gasteiger partial charge in [0.2, 0.25) is 5.91 Å². The molecule has 1 rings (SSSR count). The van der Waals surface area contributed by atoms with Crippen LogP contribution >= 0.6 is 0 Å². The second-order valence-corrected chi connectivity index (χ2v) is 3.05. The zero-order chi connectivity index (χ0) is 9.52. The van der Waals surface area contributed by atoms with E-state index in [-0.39, 0.29) is 11.8 Å². The molecule has 0 aliphatic carbocycles. The van der Waals surface area contributed by atoms with Crippen molar-refractivity contribution in [1.29, 1.82) is 0 Å². The highest BCUT2D eigenvalue weighted by Crippen LogP contribution is 2.14. The van der Waals surface area contributed by atoms with Crippen molar-refractivity contribution in [3.8, 4) is 0 Å². The average molecular weight is 188 g/mol. The molecule has 1 amide bonds. The highest BCUT2D eigenvalue weighted by atomic mass is 16.6. The van der Waals surface area contributed by atoms with Crippen LogP contribution in [0, 0.1) is 5.92 Å². The summed E-state index contributed by atoms with van der Waals surface area (Å²) in [6.45, 7) is 2.21. The molecule has 3 N–H and O–H groups in total. The average Bonchev–Trinajstić information content (AvgIpc) is 2.19. The Morgan fingerprint density at radius 3 is 2.85 bits per heavy atom. The van der Waals surface area contributed by atoms with Crippen molar-refractivity contribution in [2.75, 3.05) is 26.4 Å². The van der Waals surface area contributed by atoms with Gasteiger partial charge in [0.05, 0.1) is 6.61 Å². The number of ether oxygens (including phenoxy) is 1. The number of nitrogens with two attached hydrogens (primary N) is 1. The highest BCUT2D eigenvalue weighted by Gasteiger charge is 2.20. The Bertz CT molecular complexity index is 157. The van der Waals surface area contributed by atoms with Gasteiger partial charge in [-0.1, -0.05) is 0 Å². The normalized spacial score (nSPS) is 18.5. The first-order chi connectivity index (χ1) is 6.34. The van der Waals surface area contributed by atoms with E-state index >= 15 is 0 Å². The van der Waals surface area contributed by atoms with Crippen LogP contribution in [0.2, 0.25) is 0 Å². The molecule has 0 aromatic heterocycles. The fraction of sp³-hybridized carbons (Fsp3) is 0.875. The largest absolute Gasteiger partial charge is 0.381 e. The molecular weight excluding hydrogens is 172 g/mol. The molecule has 0 radical (unpaired) electrons. The molecule has 76 valence electrons. The number of rotatable bonds is 4. The molecule has 0 aromatic carbocycles. The summed E-state index contributed by atoms with van der Waals surface area (Å²) in [5.74, 6) is 5.01. The van der Waals surface area contributed by atoms with E-state index < -0.39 is 0 Å². The van der Waals surface area contributed by atoms with E-state index in [1.165, 1.54) is 0 Å². The minimum absolute atomic E-state index is 0.0837. The van der Waals surface area contributed by atoms with Crippen LogP contribution in [0.5, 0.6) is 0 Å². The fourth-order valence-electron chi connectivity index (χ4n) is 1.34. The van der Waals surface area contributed by atoms with Gasteiger partial charge < -0.3 is 14.9 Å². The number of amides is 1. The van der Waals surface area contributed by atoms with Gasteiger partial charge in [-0.3, -0.25) is 4.79 Å². The molecular formula is C8H16N2O3. The quantitative estimate of drug-likeness (QED) is 0.457. The topological polar surface area (TPSA) is 73.6 Å². The summed E-state index contributed by atoms with van der Waals surface area (Å²) in [6, 6.07) is 0. The number of hydrogen-bond acceptors (Lipinski definition) is 4. The molecule has 0 saturated carbocycles. The summed E-state index contributed by atoms with van der Waals surface area (Å²) >= 11 is 0. The lowest BCUT2D eigenvalue weighted by Gasteiger charge is -2.20. The molecule has 1 saturated heterocycles. The lowest BCUT2D eigenvalue weighted by molar-refractivity contribution is -0.128. The molecule has 1 aliphatic rings. The predicted molar refractivity (Wildman–Crippen MR) is 46.7 cm³/mol. The van der Waals surface area contributed by atoms with Crippen molar-refractivity contribution in [2.24, 2.45) is 11.8 Å². The second kappa shape index (κ2) is 5.90. The monoisotopic (exact) mass is 188 g/mol. The zero-order valence-corrected chi connectivity index (χ0v) is 7.62. The molecule has 0 bridgehead atoms. The lowest BCUT2D eigenvalue weighted by Crippen LogP contribution is -2.36. The molecule has 0 spiro atoms. The molecule has 1 aliphatic heterocycles. The maximum atomic E-state index is 11.4. The maximum Gasteiger partial charge on any atom is 0.223 e. The number of nitrogens with one attached hydrogen (secondary N) is 1. The van der Waals surface area contributed by atoms with Crippen molar-refractivity contribution in [1.82, 2.24) is 5.32 Å². The third-order valence-electron chi connectivity index (χ3n) is 2.11. The van der Waals surface area contributed by atoms with E-state index in [1.54, 1.807) is 0 Å². The molecule has 1 fully saturated rings. The lowest BCUT2D eigenvalue weighted by atomic mass is 9.99. The van der Waals surface area contributed by atoms with Gasteiger partial charge in [-0.05, 0) is 12.8 Å². The SMILES string of the molecule is NOCCNC(=O)C1CCOCC1. The number of hydrogen-bond donors (Lipinski definition) is 2. The molecule has 13 heavy (non-hydrogen) atoms. The van der Waals surface area contributed by atoms with Gasteiger partial charge in [-0.15, -0.1) is 0 Å². The first kappa shape index (κ1) is 10.4. The van der Waals surface area contributed by atoms with E-state index in [1.807, 2.05) is 0 Å². The van der Waals surface area contributed by atoms with Gasteiger partial charge >= 0.3 is 0 Å². The summed E-state index contributed by atoms with van der Waals surface area (Å²) < 4.78 is 5.15. The summed E-state index contributed by atoms with van der Waals surface area (Å²) in [4.78, 5) is 15.8. The van der Waals surface area contributed by atoms with Crippen LogP contribution in [0.25, 0.3) is 0 Å². The predicted octanol–water partition coefficient (Wildman–Crippen LogP) is -0.580. The second-order valence-electron chi connectivity index (χ2n) is 3.05. The molecule has 0 atom stereocenters. The Morgan fingerprint density at radius 2 is 2.23 bits per heavy atom. The van der Waals surface area contributed by atoms with E-state index in [4.69, 9.17) is 10.6 Å². The summed E-state index contributed by atoms with van der Waals surface area (Å²) in [7, 11) is 0. The Kier molecular flexibility index (Phi) is 4.74. The molecule has 0 aromatic rings. The summed E-state index contributed by atoms with van der Waals surface area (Å²) in [5, 5.41) is 2.75. The van der Waals surface area contributed by atoms with Crippen molar-refractivity contribution in [2.45, 2.75) is 12.8 Å². The van der Waals surface area contributed by atoms with Crippen LogP contribution in [-0.2, 0) is 14.4 Å². The molecule has 0 unspecified atom stereocenters. The van der Waals surface area contributed by atoms with Crippen molar-refractivity contribution in [3.63, 3.8) is 0 Å². The summed E-state index contributed by atoms with van der Waals surface area (Å²) in [5.41, 5.74) is 0. The molecule has 1 heterocycles. The van der Waals surface area contributed by atoms with Crippen molar-refractivity contribution >= 4 is 5.91 Å². The van der Waals surface area contributed by atoms with Crippen molar-refractivity contribution < 1.29 is 14.4 Å².